The first-order valence-electron chi connectivity index (χ1n) is 9.07. The number of nitrogens with one attached hydrogen (secondary N) is 1. The second-order valence-electron chi connectivity index (χ2n) is 6.66. The lowest BCUT2D eigenvalue weighted by molar-refractivity contribution is -0.122. The highest BCUT2D eigenvalue weighted by Gasteiger charge is 2.10. The van der Waals surface area contributed by atoms with Gasteiger partial charge in [-0.3, -0.25) is 4.79 Å². The summed E-state index contributed by atoms with van der Waals surface area (Å²) >= 11 is 1.69. The van der Waals surface area contributed by atoms with Crippen LogP contribution in [0.4, 0.5) is 0 Å². The molecule has 0 aliphatic heterocycles. The summed E-state index contributed by atoms with van der Waals surface area (Å²) in [5.74, 6) is 2.55. The number of carbonyl (C=O) groups excluding carboxylic acids is 1. The van der Waals surface area contributed by atoms with Crippen molar-refractivity contribution in [2.75, 3.05) is 18.9 Å². The van der Waals surface area contributed by atoms with Gasteiger partial charge in [-0.05, 0) is 41.7 Å². The van der Waals surface area contributed by atoms with Gasteiger partial charge in [-0.1, -0.05) is 44.2 Å². The molecule has 0 radical (unpaired) electrons. The molecule has 0 aromatic heterocycles. The first-order chi connectivity index (χ1) is 13.0. The van der Waals surface area contributed by atoms with Gasteiger partial charge in [0.1, 0.15) is 5.75 Å². The molecule has 0 unspecified atom stereocenters. The van der Waals surface area contributed by atoms with Crippen LogP contribution in [0, 0.1) is 18.3 Å². The average molecular weight is 383 g/mol. The summed E-state index contributed by atoms with van der Waals surface area (Å²) in [4.78, 5) is 12.0. The zero-order chi connectivity index (χ0) is 19.6. The smallest absolute Gasteiger partial charge is 0.257 e. The molecule has 142 valence electrons. The number of benzene rings is 2. The number of ether oxygens (including phenoxy) is 1. The quantitative estimate of drug-likeness (QED) is 0.652. The highest BCUT2D eigenvalue weighted by Crippen LogP contribution is 2.27. The Kier molecular flexibility index (Phi) is 8.22. The van der Waals surface area contributed by atoms with E-state index in [1.165, 1.54) is 0 Å². The number of hydrogen-bond acceptors (Lipinski definition) is 4. The second-order valence-corrected chi connectivity index (χ2v) is 7.76. The molecule has 0 aliphatic carbocycles. The summed E-state index contributed by atoms with van der Waals surface area (Å²) in [5.41, 5.74) is 3.96. The summed E-state index contributed by atoms with van der Waals surface area (Å²) < 4.78 is 5.74. The average Bonchev–Trinajstić information content (AvgIpc) is 2.66. The van der Waals surface area contributed by atoms with E-state index in [2.05, 4.69) is 37.4 Å². The van der Waals surface area contributed by atoms with Gasteiger partial charge in [-0.2, -0.15) is 17.0 Å². The van der Waals surface area contributed by atoms with E-state index in [9.17, 15) is 4.79 Å². The van der Waals surface area contributed by atoms with E-state index >= 15 is 0 Å². The summed E-state index contributed by atoms with van der Waals surface area (Å²) in [6, 6.07) is 15.9. The number of rotatable bonds is 9. The summed E-state index contributed by atoms with van der Waals surface area (Å²) in [6.07, 6.45) is 0. The van der Waals surface area contributed by atoms with Crippen LogP contribution < -0.4 is 10.1 Å². The highest BCUT2D eigenvalue weighted by atomic mass is 32.2. The van der Waals surface area contributed by atoms with E-state index in [0.717, 1.165) is 33.9 Å². The zero-order valence-electron chi connectivity index (χ0n) is 16.1. The van der Waals surface area contributed by atoms with E-state index in [1.54, 1.807) is 11.8 Å². The SMILES string of the molecule is Cc1ccc(C(C)C)c(OCC(=O)NCCSCc2ccccc2C#N)c1. The molecule has 2 aromatic rings. The van der Waals surface area contributed by atoms with Gasteiger partial charge in [0.2, 0.25) is 0 Å². The first-order valence-corrected chi connectivity index (χ1v) is 10.2. The van der Waals surface area contributed by atoms with Crippen molar-refractivity contribution in [3.63, 3.8) is 0 Å². The van der Waals surface area contributed by atoms with Crippen LogP contribution in [-0.2, 0) is 10.5 Å². The molecule has 1 amide bonds. The fourth-order valence-corrected chi connectivity index (χ4v) is 3.50. The Morgan fingerprint density at radius 1 is 1.26 bits per heavy atom. The van der Waals surface area contributed by atoms with Crippen LogP contribution in [0.3, 0.4) is 0 Å². The largest absolute Gasteiger partial charge is 0.483 e. The van der Waals surface area contributed by atoms with Crippen molar-refractivity contribution >= 4 is 17.7 Å². The molecule has 0 saturated carbocycles. The third kappa shape index (κ3) is 6.65. The van der Waals surface area contributed by atoms with Gasteiger partial charge < -0.3 is 10.1 Å². The molecule has 1 N–H and O–H groups in total. The van der Waals surface area contributed by atoms with E-state index < -0.39 is 0 Å². The maximum atomic E-state index is 12.0. The molecule has 0 aliphatic rings. The summed E-state index contributed by atoms with van der Waals surface area (Å²) in [7, 11) is 0. The lowest BCUT2D eigenvalue weighted by atomic mass is 10.0. The Balaban J connectivity index is 1.71. The topological polar surface area (TPSA) is 62.1 Å². The molecule has 0 saturated heterocycles. The van der Waals surface area contributed by atoms with E-state index in [-0.39, 0.29) is 12.5 Å². The van der Waals surface area contributed by atoms with Crippen molar-refractivity contribution < 1.29 is 9.53 Å². The number of amides is 1. The Bertz CT molecular complexity index is 812. The Hall–Kier alpha value is -2.45. The predicted octanol–water partition coefficient (Wildman–Crippen LogP) is 4.42. The maximum absolute atomic E-state index is 12.0. The molecule has 2 rings (SSSR count). The van der Waals surface area contributed by atoms with E-state index in [4.69, 9.17) is 10.00 Å². The highest BCUT2D eigenvalue weighted by molar-refractivity contribution is 7.98. The van der Waals surface area contributed by atoms with Gasteiger partial charge in [0, 0.05) is 18.1 Å². The van der Waals surface area contributed by atoms with Gasteiger partial charge >= 0.3 is 0 Å². The zero-order valence-corrected chi connectivity index (χ0v) is 16.9. The molecule has 27 heavy (non-hydrogen) atoms. The van der Waals surface area contributed by atoms with Crippen molar-refractivity contribution in [1.29, 1.82) is 5.26 Å². The van der Waals surface area contributed by atoms with Crippen LogP contribution in [0.15, 0.2) is 42.5 Å². The van der Waals surface area contributed by atoms with Gasteiger partial charge in [0.15, 0.2) is 6.61 Å². The number of nitriles is 1. The monoisotopic (exact) mass is 382 g/mol. The fourth-order valence-electron chi connectivity index (χ4n) is 2.64. The number of thioether (sulfide) groups is 1. The van der Waals surface area contributed by atoms with Gasteiger partial charge in [0.05, 0.1) is 11.6 Å². The molecular weight excluding hydrogens is 356 g/mol. The van der Waals surface area contributed by atoms with Crippen LogP contribution in [-0.4, -0.2) is 24.8 Å². The lowest BCUT2D eigenvalue weighted by Gasteiger charge is -2.14. The molecule has 0 spiro atoms. The minimum atomic E-state index is -0.121. The maximum Gasteiger partial charge on any atom is 0.257 e. The normalized spacial score (nSPS) is 10.5. The number of nitrogens with zero attached hydrogens (tertiary/aromatic N) is 1. The van der Waals surface area contributed by atoms with Crippen molar-refractivity contribution in [3.05, 3.63) is 64.7 Å². The van der Waals surface area contributed by atoms with Crippen molar-refractivity contribution in [3.8, 4) is 11.8 Å². The van der Waals surface area contributed by atoms with Crippen molar-refractivity contribution in [1.82, 2.24) is 5.32 Å². The minimum Gasteiger partial charge on any atom is -0.483 e. The molecule has 4 nitrogen and oxygen atoms in total. The number of aryl methyl sites for hydroxylation is 1. The summed E-state index contributed by atoms with van der Waals surface area (Å²) in [6.45, 7) is 6.83. The van der Waals surface area contributed by atoms with Gasteiger partial charge in [-0.15, -0.1) is 0 Å². The minimum absolute atomic E-state index is 0.0190. The van der Waals surface area contributed by atoms with Crippen molar-refractivity contribution in [2.24, 2.45) is 0 Å². The predicted molar refractivity (Wildman–Crippen MR) is 111 cm³/mol. The van der Waals surface area contributed by atoms with Crippen LogP contribution in [0.2, 0.25) is 0 Å². The van der Waals surface area contributed by atoms with Crippen LogP contribution >= 0.6 is 11.8 Å². The van der Waals surface area contributed by atoms with Gasteiger partial charge in [-0.25, -0.2) is 0 Å². The van der Waals surface area contributed by atoms with E-state index in [0.29, 0.717) is 18.0 Å². The molecule has 5 heteroatoms. The van der Waals surface area contributed by atoms with Gasteiger partial charge in [0.25, 0.3) is 5.91 Å². The molecule has 0 fully saturated rings. The molecule has 0 heterocycles. The third-order valence-electron chi connectivity index (χ3n) is 4.11. The molecule has 0 atom stereocenters. The van der Waals surface area contributed by atoms with Crippen LogP contribution in [0.5, 0.6) is 5.75 Å². The molecule has 0 bridgehead atoms. The summed E-state index contributed by atoms with van der Waals surface area (Å²) in [5, 5.41) is 12.0. The Labute approximate surface area is 165 Å². The third-order valence-corrected chi connectivity index (χ3v) is 5.12. The molecule has 2 aromatic carbocycles. The lowest BCUT2D eigenvalue weighted by Crippen LogP contribution is -2.30. The number of carbonyl (C=O) groups is 1. The first kappa shape index (κ1) is 20.9. The fraction of sp³-hybridized carbons (Fsp3) is 0.364. The second kappa shape index (κ2) is 10.6. The van der Waals surface area contributed by atoms with Crippen molar-refractivity contribution in [2.45, 2.75) is 32.4 Å². The standard InChI is InChI=1S/C22H26N2O2S/c1-16(2)20-9-8-17(3)12-21(20)26-14-22(25)24-10-11-27-15-19-7-5-4-6-18(19)13-23/h4-9,12,16H,10-11,14-15H2,1-3H3,(H,24,25). The Morgan fingerprint density at radius 2 is 2.04 bits per heavy atom. The molecular formula is C22H26N2O2S. The van der Waals surface area contributed by atoms with E-state index in [1.807, 2.05) is 37.3 Å². The van der Waals surface area contributed by atoms with Crippen LogP contribution in [0.1, 0.15) is 42.0 Å². The Morgan fingerprint density at radius 3 is 2.78 bits per heavy atom. The number of hydrogen-bond donors (Lipinski definition) is 1. The van der Waals surface area contributed by atoms with Crippen LogP contribution in [0.25, 0.3) is 0 Å².